The van der Waals surface area contributed by atoms with Gasteiger partial charge in [-0.1, -0.05) is 67.6 Å². The van der Waals surface area contributed by atoms with E-state index in [4.69, 9.17) is 9.47 Å². The van der Waals surface area contributed by atoms with Crippen LogP contribution < -0.4 is 0 Å². The maximum Gasteiger partial charge on any atom is 0.0956 e. The van der Waals surface area contributed by atoms with Crippen molar-refractivity contribution < 1.29 is 9.47 Å². The van der Waals surface area contributed by atoms with E-state index in [0.717, 1.165) is 39.3 Å². The van der Waals surface area contributed by atoms with Crippen LogP contribution in [0.4, 0.5) is 0 Å². The maximum atomic E-state index is 6.24. The van der Waals surface area contributed by atoms with Crippen molar-refractivity contribution in [3.05, 3.63) is 71.8 Å². The smallest absolute Gasteiger partial charge is 0.0956 e. The fourth-order valence-corrected chi connectivity index (χ4v) is 5.02. The van der Waals surface area contributed by atoms with Gasteiger partial charge in [-0.3, -0.25) is 9.80 Å². The summed E-state index contributed by atoms with van der Waals surface area (Å²) in [4.78, 5) is 5.18. The molecule has 0 bridgehead atoms. The third-order valence-electron chi connectivity index (χ3n) is 6.15. The summed E-state index contributed by atoms with van der Waals surface area (Å²) in [6.07, 6.45) is 0.880. The number of hydrogen-bond acceptors (Lipinski definition) is 4. The molecule has 4 rings (SSSR count). The molecule has 4 nitrogen and oxygen atoms in total. The number of benzene rings is 2. The number of morpholine rings is 2. The Morgan fingerprint density at radius 1 is 0.700 bits per heavy atom. The van der Waals surface area contributed by atoms with E-state index >= 15 is 0 Å². The van der Waals surface area contributed by atoms with Crippen molar-refractivity contribution in [2.45, 2.75) is 45.2 Å². The van der Waals surface area contributed by atoms with Crippen molar-refractivity contribution in [2.75, 3.05) is 39.3 Å². The lowest BCUT2D eigenvalue weighted by molar-refractivity contribution is -0.0915. The fourth-order valence-electron chi connectivity index (χ4n) is 5.02. The van der Waals surface area contributed by atoms with Gasteiger partial charge in [-0.15, -0.1) is 0 Å². The second kappa shape index (κ2) is 10.1. The second-order valence-corrected chi connectivity index (χ2v) is 9.23. The molecule has 30 heavy (non-hydrogen) atoms. The standard InChI is InChI=1S/C26H36N2O2/c1-20(14-27-16-21(2)29-25(18-27)23-10-6-4-7-11-23)15-28-17-22(3)30-26(19-28)24-12-8-5-9-13-24/h4-13,20-22,25-26H,14-19H2,1-3H3. The molecule has 2 fully saturated rings. The maximum absolute atomic E-state index is 6.24. The molecule has 0 saturated carbocycles. The summed E-state index contributed by atoms with van der Waals surface area (Å²) in [6.45, 7) is 13.0. The van der Waals surface area contributed by atoms with Crippen LogP contribution in [0.5, 0.6) is 0 Å². The van der Waals surface area contributed by atoms with E-state index in [1.165, 1.54) is 11.1 Å². The highest BCUT2D eigenvalue weighted by molar-refractivity contribution is 5.19. The lowest BCUT2D eigenvalue weighted by atomic mass is 10.0. The first-order valence-corrected chi connectivity index (χ1v) is 11.4. The van der Waals surface area contributed by atoms with Crippen LogP contribution in [0, 0.1) is 5.92 Å². The Bertz CT molecular complexity index is 704. The molecule has 0 spiro atoms. The molecule has 0 N–H and O–H groups in total. The van der Waals surface area contributed by atoms with Crippen molar-refractivity contribution in [1.29, 1.82) is 0 Å². The van der Waals surface area contributed by atoms with Crippen LogP contribution in [0.25, 0.3) is 0 Å². The molecule has 4 atom stereocenters. The lowest BCUT2D eigenvalue weighted by Gasteiger charge is -2.41. The predicted molar refractivity (Wildman–Crippen MR) is 122 cm³/mol. The Morgan fingerprint density at radius 3 is 1.50 bits per heavy atom. The van der Waals surface area contributed by atoms with E-state index in [9.17, 15) is 0 Å². The van der Waals surface area contributed by atoms with E-state index < -0.39 is 0 Å². The minimum Gasteiger partial charge on any atom is -0.368 e. The quantitative estimate of drug-likeness (QED) is 0.700. The molecule has 4 unspecified atom stereocenters. The van der Waals surface area contributed by atoms with Gasteiger partial charge in [0.25, 0.3) is 0 Å². The van der Waals surface area contributed by atoms with Gasteiger partial charge in [-0.2, -0.15) is 0 Å². The Hall–Kier alpha value is -1.72. The minimum atomic E-state index is 0.174. The van der Waals surface area contributed by atoms with Gasteiger partial charge in [-0.05, 0) is 30.9 Å². The number of ether oxygens (including phenoxy) is 2. The average molecular weight is 409 g/mol. The minimum absolute atomic E-state index is 0.174. The van der Waals surface area contributed by atoms with Crippen LogP contribution in [-0.4, -0.2) is 61.3 Å². The molecule has 2 saturated heterocycles. The van der Waals surface area contributed by atoms with Gasteiger partial charge in [0, 0.05) is 39.3 Å². The van der Waals surface area contributed by atoms with E-state index in [2.05, 4.69) is 91.2 Å². The lowest BCUT2D eigenvalue weighted by Crippen LogP contribution is -2.48. The molecule has 162 valence electrons. The van der Waals surface area contributed by atoms with Crippen molar-refractivity contribution in [3.63, 3.8) is 0 Å². The number of hydrogen-bond donors (Lipinski definition) is 0. The Morgan fingerprint density at radius 2 is 1.10 bits per heavy atom. The summed E-state index contributed by atoms with van der Waals surface area (Å²) in [5.74, 6) is 0.605. The topological polar surface area (TPSA) is 24.9 Å². The van der Waals surface area contributed by atoms with E-state index in [-0.39, 0.29) is 24.4 Å². The number of rotatable bonds is 6. The zero-order chi connectivity index (χ0) is 20.9. The van der Waals surface area contributed by atoms with Crippen molar-refractivity contribution in [2.24, 2.45) is 5.92 Å². The SMILES string of the molecule is CC(CN1CC(C)OC(c2ccccc2)C1)CN1CC(C)OC(c2ccccc2)C1. The third kappa shape index (κ3) is 5.70. The molecule has 2 aliphatic heterocycles. The molecule has 0 radical (unpaired) electrons. The first-order valence-electron chi connectivity index (χ1n) is 11.4. The summed E-state index contributed by atoms with van der Waals surface area (Å²) >= 11 is 0. The van der Waals surface area contributed by atoms with Gasteiger partial charge in [0.1, 0.15) is 0 Å². The average Bonchev–Trinajstić information content (AvgIpc) is 2.74. The Balaban J connectivity index is 1.32. The van der Waals surface area contributed by atoms with E-state index in [0.29, 0.717) is 5.92 Å². The fraction of sp³-hybridized carbons (Fsp3) is 0.538. The normalized spacial score (nSPS) is 29.6. The molecule has 2 heterocycles. The molecule has 4 heteroatoms. The van der Waals surface area contributed by atoms with Crippen LogP contribution in [0.1, 0.15) is 44.1 Å². The van der Waals surface area contributed by atoms with Crippen LogP contribution in [-0.2, 0) is 9.47 Å². The van der Waals surface area contributed by atoms with Gasteiger partial charge >= 0.3 is 0 Å². The summed E-state index contributed by atoms with van der Waals surface area (Å²) < 4.78 is 12.5. The molecular formula is C26H36N2O2. The zero-order valence-electron chi connectivity index (χ0n) is 18.6. The second-order valence-electron chi connectivity index (χ2n) is 9.23. The highest BCUT2D eigenvalue weighted by atomic mass is 16.5. The molecular weight excluding hydrogens is 372 g/mol. The highest BCUT2D eigenvalue weighted by Crippen LogP contribution is 2.27. The Kier molecular flexibility index (Phi) is 7.21. The van der Waals surface area contributed by atoms with Gasteiger partial charge in [0.15, 0.2) is 0 Å². The third-order valence-corrected chi connectivity index (χ3v) is 6.15. The molecule has 0 aromatic heterocycles. The van der Waals surface area contributed by atoms with E-state index in [1.54, 1.807) is 0 Å². The summed E-state index contributed by atoms with van der Waals surface area (Å²) in [7, 11) is 0. The first-order chi connectivity index (χ1) is 14.6. The summed E-state index contributed by atoms with van der Waals surface area (Å²) in [5, 5.41) is 0. The molecule has 0 aliphatic carbocycles. The summed E-state index contributed by atoms with van der Waals surface area (Å²) in [5.41, 5.74) is 2.57. The summed E-state index contributed by atoms with van der Waals surface area (Å²) in [6, 6.07) is 21.3. The first kappa shape index (κ1) is 21.5. The van der Waals surface area contributed by atoms with Crippen LogP contribution in [0.2, 0.25) is 0 Å². The van der Waals surface area contributed by atoms with Gasteiger partial charge in [0.05, 0.1) is 24.4 Å². The van der Waals surface area contributed by atoms with Gasteiger partial charge < -0.3 is 9.47 Å². The molecule has 0 amide bonds. The Labute approximate surface area is 181 Å². The van der Waals surface area contributed by atoms with Crippen LogP contribution in [0.3, 0.4) is 0 Å². The van der Waals surface area contributed by atoms with Gasteiger partial charge in [-0.25, -0.2) is 0 Å². The van der Waals surface area contributed by atoms with Crippen LogP contribution >= 0.6 is 0 Å². The van der Waals surface area contributed by atoms with Crippen molar-refractivity contribution >= 4 is 0 Å². The van der Waals surface area contributed by atoms with Crippen molar-refractivity contribution in [1.82, 2.24) is 9.80 Å². The predicted octanol–water partition coefficient (Wildman–Crippen LogP) is 4.55. The molecule has 2 aromatic carbocycles. The number of nitrogens with zero attached hydrogens (tertiary/aromatic N) is 2. The molecule has 2 aliphatic rings. The molecule has 2 aromatic rings. The van der Waals surface area contributed by atoms with E-state index in [1.807, 2.05) is 0 Å². The van der Waals surface area contributed by atoms with Crippen LogP contribution in [0.15, 0.2) is 60.7 Å². The van der Waals surface area contributed by atoms with Crippen molar-refractivity contribution in [3.8, 4) is 0 Å². The van der Waals surface area contributed by atoms with Gasteiger partial charge in [0.2, 0.25) is 0 Å². The monoisotopic (exact) mass is 408 g/mol. The largest absolute Gasteiger partial charge is 0.368 e. The zero-order valence-corrected chi connectivity index (χ0v) is 18.6. The highest BCUT2D eigenvalue weighted by Gasteiger charge is 2.30.